The number of nitrogens with one attached hydrogen (secondary N) is 2. The maximum atomic E-state index is 13.8. The minimum atomic E-state index is -4.89. The van der Waals surface area contributed by atoms with Crippen LogP contribution in [0.15, 0.2) is 83.5 Å². The number of aromatic amines is 1. The first-order valence-electron chi connectivity index (χ1n) is 13.0. The topological polar surface area (TPSA) is 90.6 Å². The Hall–Kier alpha value is -4.58. The smallest absolute Gasteiger partial charge is 0.404 e. The summed E-state index contributed by atoms with van der Waals surface area (Å²) in [4.78, 5) is 37.9. The Kier molecular flexibility index (Phi) is 7.23. The van der Waals surface area contributed by atoms with E-state index in [0.717, 1.165) is 27.0 Å². The number of para-hydroxylation sites is 3. The molecule has 3 amide bonds. The third-order valence-corrected chi connectivity index (χ3v) is 7.57. The Morgan fingerprint density at radius 2 is 1.62 bits per heavy atom. The number of ether oxygens (including phenoxy) is 1. The average Bonchev–Trinajstić information content (AvgIpc) is 3.39. The molecule has 6 rings (SSSR count). The lowest BCUT2D eigenvalue weighted by molar-refractivity contribution is -0.274. The zero-order chi connectivity index (χ0) is 29.4. The fourth-order valence-electron chi connectivity index (χ4n) is 5.06. The molecule has 0 spiro atoms. The summed E-state index contributed by atoms with van der Waals surface area (Å²) in [5.41, 5.74) is 3.54. The van der Waals surface area contributed by atoms with Crippen molar-refractivity contribution in [1.29, 1.82) is 0 Å². The van der Waals surface area contributed by atoms with Crippen molar-refractivity contribution in [2.45, 2.75) is 6.36 Å². The molecule has 0 saturated carbocycles. The van der Waals surface area contributed by atoms with Gasteiger partial charge in [0.2, 0.25) is 0 Å². The highest BCUT2D eigenvalue weighted by atomic mass is 79.9. The van der Waals surface area contributed by atoms with Gasteiger partial charge in [-0.1, -0.05) is 46.3 Å². The van der Waals surface area contributed by atoms with E-state index in [1.165, 1.54) is 23.1 Å². The highest BCUT2D eigenvalue weighted by molar-refractivity contribution is 9.10. The maximum absolute atomic E-state index is 13.8. The monoisotopic (exact) mass is 637 g/mol. The van der Waals surface area contributed by atoms with Gasteiger partial charge in [-0.15, -0.1) is 13.2 Å². The number of amides is 3. The first-order valence-corrected chi connectivity index (χ1v) is 13.8. The van der Waals surface area contributed by atoms with Gasteiger partial charge in [-0.25, -0.2) is 9.78 Å². The molecule has 42 heavy (non-hydrogen) atoms. The predicted octanol–water partition coefficient (Wildman–Crippen LogP) is 7.03. The molecule has 2 aromatic heterocycles. The lowest BCUT2D eigenvalue weighted by Gasteiger charge is -2.35. The molecule has 12 heteroatoms. The Morgan fingerprint density at radius 3 is 2.40 bits per heavy atom. The molecule has 214 valence electrons. The van der Waals surface area contributed by atoms with Crippen LogP contribution >= 0.6 is 15.9 Å². The molecule has 0 unspecified atom stereocenters. The van der Waals surface area contributed by atoms with Crippen molar-refractivity contribution in [3.63, 3.8) is 0 Å². The molecule has 0 aliphatic carbocycles. The number of piperazine rings is 1. The summed E-state index contributed by atoms with van der Waals surface area (Å²) in [6.07, 6.45) is -3.02. The summed E-state index contributed by atoms with van der Waals surface area (Å²) < 4.78 is 43.3. The molecule has 8 nitrogen and oxygen atoms in total. The Morgan fingerprint density at radius 1 is 0.905 bits per heavy atom. The summed E-state index contributed by atoms with van der Waals surface area (Å²) in [5, 5.41) is 4.17. The van der Waals surface area contributed by atoms with Gasteiger partial charge < -0.3 is 24.8 Å². The molecular formula is C30H23BrF3N5O3. The van der Waals surface area contributed by atoms with Crippen molar-refractivity contribution in [3.8, 4) is 17.0 Å². The Bertz CT molecular complexity index is 1820. The van der Waals surface area contributed by atoms with E-state index in [9.17, 15) is 22.8 Å². The van der Waals surface area contributed by atoms with E-state index in [2.05, 4.69) is 31.0 Å². The second-order valence-corrected chi connectivity index (χ2v) is 10.6. The standard InChI is InChI=1S/C30H23BrF3N5O3/c31-18-9-10-23-20(15-18)22(17-35-23)26-16-21(19-5-1-2-6-24(19)36-26)28(40)38-11-13-39(14-12-38)29(41)37-25-7-3-4-8-27(25)42-30(32,33)34/h1-10,15-17,35H,11-14H2,(H,37,41). The first kappa shape index (κ1) is 27.6. The van der Waals surface area contributed by atoms with E-state index in [1.54, 1.807) is 11.0 Å². The van der Waals surface area contributed by atoms with E-state index in [-0.39, 0.29) is 37.8 Å². The van der Waals surface area contributed by atoms with Crippen LogP contribution in [0.4, 0.5) is 23.7 Å². The van der Waals surface area contributed by atoms with Crippen LogP contribution < -0.4 is 10.1 Å². The number of aromatic nitrogens is 2. The normalized spacial score (nSPS) is 13.9. The molecule has 2 N–H and O–H groups in total. The molecule has 1 aliphatic rings. The zero-order valence-electron chi connectivity index (χ0n) is 21.9. The summed E-state index contributed by atoms with van der Waals surface area (Å²) in [5.74, 6) is -0.699. The summed E-state index contributed by atoms with van der Waals surface area (Å²) >= 11 is 3.52. The molecule has 3 heterocycles. The number of rotatable bonds is 4. The van der Waals surface area contributed by atoms with E-state index in [0.29, 0.717) is 22.2 Å². The summed E-state index contributed by atoms with van der Waals surface area (Å²) in [6.45, 7) is 0.899. The SMILES string of the molecule is O=C(Nc1ccccc1OC(F)(F)F)N1CCN(C(=O)c2cc(-c3c[nH]c4ccc(Br)cc34)nc3ccccc23)CC1. The second-order valence-electron chi connectivity index (χ2n) is 9.72. The van der Waals surface area contributed by atoms with Gasteiger partial charge in [0.05, 0.1) is 22.5 Å². The van der Waals surface area contributed by atoms with Crippen molar-refractivity contribution in [2.24, 2.45) is 0 Å². The van der Waals surface area contributed by atoms with Crippen LogP contribution in [-0.4, -0.2) is 64.2 Å². The van der Waals surface area contributed by atoms with E-state index in [4.69, 9.17) is 4.98 Å². The van der Waals surface area contributed by atoms with Crippen LogP contribution in [0.3, 0.4) is 0 Å². The summed E-state index contributed by atoms with van der Waals surface area (Å²) in [7, 11) is 0. The van der Waals surface area contributed by atoms with Gasteiger partial charge >= 0.3 is 12.4 Å². The minimum Gasteiger partial charge on any atom is -0.404 e. The molecule has 1 fully saturated rings. The van der Waals surface area contributed by atoms with Gasteiger partial charge in [0, 0.05) is 58.7 Å². The molecule has 0 radical (unpaired) electrons. The number of nitrogens with zero attached hydrogens (tertiary/aromatic N) is 3. The number of urea groups is 1. The van der Waals surface area contributed by atoms with Crippen molar-refractivity contribution in [3.05, 3.63) is 89.0 Å². The van der Waals surface area contributed by atoms with Gasteiger partial charge in [-0.3, -0.25) is 4.79 Å². The van der Waals surface area contributed by atoms with Crippen LogP contribution in [0.25, 0.3) is 33.1 Å². The van der Waals surface area contributed by atoms with Gasteiger partial charge in [0.15, 0.2) is 5.75 Å². The molecule has 0 bridgehead atoms. The number of alkyl halides is 3. The summed E-state index contributed by atoms with van der Waals surface area (Å²) in [6, 6.07) is 19.9. The number of anilines is 1. The molecule has 5 aromatic rings. The Labute approximate surface area is 246 Å². The number of hydrogen-bond donors (Lipinski definition) is 2. The lowest BCUT2D eigenvalue weighted by Crippen LogP contribution is -2.51. The molecule has 0 atom stereocenters. The Balaban J connectivity index is 1.21. The number of carbonyl (C=O) groups is 2. The van der Waals surface area contributed by atoms with Crippen LogP contribution in [0.1, 0.15) is 10.4 Å². The zero-order valence-corrected chi connectivity index (χ0v) is 23.5. The van der Waals surface area contributed by atoms with Gasteiger partial charge in [-0.2, -0.15) is 0 Å². The predicted molar refractivity (Wildman–Crippen MR) is 156 cm³/mol. The van der Waals surface area contributed by atoms with Crippen molar-refractivity contribution in [2.75, 3.05) is 31.5 Å². The lowest BCUT2D eigenvalue weighted by atomic mass is 10.0. The second kappa shape index (κ2) is 11.0. The number of H-pyrrole nitrogens is 1. The van der Waals surface area contributed by atoms with Crippen molar-refractivity contribution < 1.29 is 27.5 Å². The highest BCUT2D eigenvalue weighted by Gasteiger charge is 2.33. The van der Waals surface area contributed by atoms with Crippen molar-refractivity contribution >= 4 is 55.4 Å². The third-order valence-electron chi connectivity index (χ3n) is 7.07. The van der Waals surface area contributed by atoms with E-state index < -0.39 is 18.1 Å². The molecule has 1 aliphatic heterocycles. The van der Waals surface area contributed by atoms with Crippen LogP contribution in [-0.2, 0) is 0 Å². The van der Waals surface area contributed by atoms with E-state index in [1.807, 2.05) is 48.7 Å². The highest BCUT2D eigenvalue weighted by Crippen LogP contribution is 2.33. The van der Waals surface area contributed by atoms with Gasteiger partial charge in [0.1, 0.15) is 0 Å². The molecule has 3 aromatic carbocycles. The third kappa shape index (κ3) is 5.62. The number of benzene rings is 3. The average molecular weight is 638 g/mol. The maximum Gasteiger partial charge on any atom is 0.573 e. The van der Waals surface area contributed by atoms with Gasteiger partial charge in [-0.05, 0) is 42.5 Å². The largest absolute Gasteiger partial charge is 0.573 e. The number of halogens is 4. The van der Waals surface area contributed by atoms with Crippen molar-refractivity contribution in [1.82, 2.24) is 19.8 Å². The quantitative estimate of drug-likeness (QED) is 0.221. The molecular weight excluding hydrogens is 615 g/mol. The van der Waals surface area contributed by atoms with Crippen LogP contribution in [0, 0.1) is 0 Å². The fourth-order valence-corrected chi connectivity index (χ4v) is 5.42. The van der Waals surface area contributed by atoms with Crippen LogP contribution in [0.5, 0.6) is 5.75 Å². The minimum absolute atomic E-state index is 0.0987. The van der Waals surface area contributed by atoms with Crippen LogP contribution in [0.2, 0.25) is 0 Å². The molecule has 1 saturated heterocycles. The number of hydrogen-bond acceptors (Lipinski definition) is 4. The van der Waals surface area contributed by atoms with E-state index >= 15 is 0 Å². The number of fused-ring (bicyclic) bond motifs is 2. The fraction of sp³-hybridized carbons (Fsp3) is 0.167. The first-order chi connectivity index (χ1) is 20.2. The van der Waals surface area contributed by atoms with Gasteiger partial charge in [0.25, 0.3) is 5.91 Å². The number of pyridine rings is 1. The number of carbonyl (C=O) groups excluding carboxylic acids is 2.